The number of aromatic nitrogens is 2. The summed E-state index contributed by atoms with van der Waals surface area (Å²) in [7, 11) is 1.57. The Morgan fingerprint density at radius 3 is 2.38 bits per heavy atom. The molecule has 0 saturated carbocycles. The number of rotatable bonds is 8. The maximum Gasteiger partial charge on any atom is 0.443 e. The zero-order valence-corrected chi connectivity index (χ0v) is 26.8. The highest BCUT2D eigenvalue weighted by Crippen LogP contribution is 2.38. The highest BCUT2D eigenvalue weighted by Gasteiger charge is 2.31. The first-order valence-corrected chi connectivity index (χ1v) is 14.6. The number of carbonyl (C=O) groups excluding carboxylic acids is 1. The van der Waals surface area contributed by atoms with Crippen LogP contribution in [0.3, 0.4) is 0 Å². The Kier molecular flexibility index (Phi) is 9.15. The molecule has 224 valence electrons. The van der Waals surface area contributed by atoms with Crippen molar-refractivity contribution in [1.82, 2.24) is 14.6 Å². The molecule has 1 atom stereocenters. The van der Waals surface area contributed by atoms with E-state index in [4.69, 9.17) is 14.3 Å². The molecule has 4 rings (SSSR count). The first-order chi connectivity index (χ1) is 19.7. The van der Waals surface area contributed by atoms with Crippen LogP contribution in [0.1, 0.15) is 59.2 Å². The maximum atomic E-state index is 16.8. The summed E-state index contributed by atoms with van der Waals surface area (Å²) in [6.45, 7) is 13.0. The van der Waals surface area contributed by atoms with Crippen LogP contribution < -0.4 is 15.1 Å². The molecule has 0 N–H and O–H groups in total. The van der Waals surface area contributed by atoms with Gasteiger partial charge in [0.1, 0.15) is 11.4 Å². The van der Waals surface area contributed by atoms with Crippen molar-refractivity contribution in [3.8, 4) is 11.5 Å². The predicted octanol–water partition coefficient (Wildman–Crippen LogP) is 7.78. The summed E-state index contributed by atoms with van der Waals surface area (Å²) in [6, 6.07) is 10.2. The molecule has 4 aromatic rings. The Labute approximate surface area is 253 Å². The van der Waals surface area contributed by atoms with Crippen molar-refractivity contribution in [3.05, 3.63) is 74.5 Å². The molecule has 0 saturated heterocycles. The highest BCUT2D eigenvalue weighted by molar-refractivity contribution is 9.10. The summed E-state index contributed by atoms with van der Waals surface area (Å²) < 4.78 is 29.3. The Bertz CT molecular complexity index is 1680. The molecule has 1 unspecified atom stereocenters. The monoisotopic (exact) mass is 641 g/mol. The number of carbonyl (C=O) groups is 1. The third-order valence-electron chi connectivity index (χ3n) is 6.79. The molecule has 42 heavy (non-hydrogen) atoms. The number of benzene rings is 2. The molecule has 2 aromatic carbocycles. The van der Waals surface area contributed by atoms with E-state index < -0.39 is 23.6 Å². The zero-order valence-electron chi connectivity index (χ0n) is 25.2. The average Bonchev–Trinajstić information content (AvgIpc) is 2.89. The van der Waals surface area contributed by atoms with Gasteiger partial charge in [-0.15, -0.1) is 5.06 Å². The molecule has 0 radical (unpaired) electrons. The van der Waals surface area contributed by atoms with E-state index in [0.29, 0.717) is 34.0 Å². The van der Waals surface area contributed by atoms with Crippen molar-refractivity contribution in [2.75, 3.05) is 7.11 Å². The third kappa shape index (κ3) is 6.53. The molecule has 0 aliphatic carbocycles. The van der Waals surface area contributed by atoms with Gasteiger partial charge in [0.15, 0.2) is 5.82 Å². The van der Waals surface area contributed by atoms with Gasteiger partial charge >= 0.3 is 6.09 Å². The van der Waals surface area contributed by atoms with E-state index in [0.717, 1.165) is 10.6 Å². The molecule has 0 fully saturated rings. The van der Waals surface area contributed by atoms with Gasteiger partial charge in [-0.25, -0.2) is 9.18 Å². The van der Waals surface area contributed by atoms with Crippen LogP contribution in [-0.2, 0) is 11.3 Å². The lowest BCUT2D eigenvalue weighted by molar-refractivity contribution is -0.0987. The van der Waals surface area contributed by atoms with Gasteiger partial charge in [-0.3, -0.25) is 9.78 Å². The lowest BCUT2D eigenvalue weighted by Crippen LogP contribution is -2.45. The molecular weight excluding hydrogens is 605 g/mol. The minimum Gasteiger partial charge on any atom is -0.497 e. The molecule has 10 heteroatoms. The second kappa shape index (κ2) is 12.3. The van der Waals surface area contributed by atoms with Gasteiger partial charge in [0.05, 0.1) is 40.8 Å². The van der Waals surface area contributed by atoms with E-state index in [-0.39, 0.29) is 33.8 Å². The largest absolute Gasteiger partial charge is 0.497 e. The second-order valence-corrected chi connectivity index (χ2v) is 12.7. The topological polar surface area (TPSA) is 82.9 Å². The molecule has 1 amide bonds. The van der Waals surface area contributed by atoms with Crippen LogP contribution in [0.2, 0.25) is 0 Å². The summed E-state index contributed by atoms with van der Waals surface area (Å²) in [5, 5.41) is 2.54. The van der Waals surface area contributed by atoms with Crippen LogP contribution in [0.5, 0.6) is 11.5 Å². The fourth-order valence-corrected chi connectivity index (χ4v) is 5.47. The Hall–Kier alpha value is -3.66. The van der Waals surface area contributed by atoms with E-state index >= 15 is 4.39 Å². The van der Waals surface area contributed by atoms with E-state index in [1.54, 1.807) is 65.3 Å². The second-order valence-electron chi connectivity index (χ2n) is 11.8. The normalized spacial score (nSPS) is 12.5. The van der Waals surface area contributed by atoms with Gasteiger partial charge in [0.25, 0.3) is 5.56 Å². The van der Waals surface area contributed by atoms with E-state index in [1.807, 2.05) is 32.9 Å². The molecule has 2 aromatic heterocycles. The highest BCUT2D eigenvalue weighted by atomic mass is 79.9. The van der Waals surface area contributed by atoms with E-state index in [9.17, 15) is 9.59 Å². The summed E-state index contributed by atoms with van der Waals surface area (Å²) in [5.41, 5.74) is 0.180. The van der Waals surface area contributed by atoms with Crippen LogP contribution >= 0.6 is 15.9 Å². The summed E-state index contributed by atoms with van der Waals surface area (Å²) in [4.78, 5) is 37.6. The van der Waals surface area contributed by atoms with Gasteiger partial charge in [0.2, 0.25) is 5.75 Å². The van der Waals surface area contributed by atoms with Gasteiger partial charge in [-0.2, -0.15) is 0 Å². The molecule has 0 spiro atoms. The van der Waals surface area contributed by atoms with Crippen LogP contribution in [0, 0.1) is 18.7 Å². The first-order valence-electron chi connectivity index (χ1n) is 13.8. The van der Waals surface area contributed by atoms with Crippen molar-refractivity contribution in [1.29, 1.82) is 0 Å². The van der Waals surface area contributed by atoms with Crippen molar-refractivity contribution >= 4 is 43.7 Å². The molecule has 0 aliphatic heterocycles. The molecule has 0 bridgehead atoms. The van der Waals surface area contributed by atoms with Gasteiger partial charge in [-0.05, 0) is 92.7 Å². The first kappa shape index (κ1) is 31.3. The molecule has 0 aliphatic rings. The average molecular weight is 643 g/mol. The van der Waals surface area contributed by atoms with Gasteiger partial charge in [-0.1, -0.05) is 26.0 Å². The summed E-state index contributed by atoms with van der Waals surface area (Å²) in [5.74, 6) is -0.113. The predicted molar refractivity (Wildman–Crippen MR) is 166 cm³/mol. The number of pyridine rings is 2. The van der Waals surface area contributed by atoms with Crippen molar-refractivity contribution < 1.29 is 23.5 Å². The number of halogens is 2. The number of hydrogen-bond donors (Lipinski definition) is 0. The number of fused-ring (bicyclic) bond motifs is 3. The fourth-order valence-electron chi connectivity index (χ4n) is 5.00. The number of hydrogen-bond acceptors (Lipinski definition) is 6. The third-order valence-corrected chi connectivity index (χ3v) is 7.37. The van der Waals surface area contributed by atoms with Crippen LogP contribution in [0.4, 0.5) is 9.18 Å². The van der Waals surface area contributed by atoms with Crippen LogP contribution in [0.15, 0.2) is 51.9 Å². The van der Waals surface area contributed by atoms with E-state index in [1.165, 1.54) is 4.57 Å². The number of methoxy groups -OCH3 is 1. The Morgan fingerprint density at radius 1 is 1.12 bits per heavy atom. The lowest BCUT2D eigenvalue weighted by atomic mass is 10.0. The number of nitrogens with zero attached hydrogens (tertiary/aromatic N) is 3. The quantitative estimate of drug-likeness (QED) is 0.144. The van der Waals surface area contributed by atoms with Crippen molar-refractivity contribution in [3.63, 3.8) is 0 Å². The Balaban J connectivity index is 1.95. The lowest BCUT2D eigenvalue weighted by Gasteiger charge is -2.32. The molecular formula is C32H37BrFN3O5. The zero-order chi connectivity index (χ0) is 30.9. The minimum atomic E-state index is -0.793. The number of hydroxylamine groups is 2. The van der Waals surface area contributed by atoms with Crippen molar-refractivity contribution in [2.24, 2.45) is 5.92 Å². The van der Waals surface area contributed by atoms with Crippen LogP contribution in [0.25, 0.3) is 21.7 Å². The number of aryl methyl sites for hydroxylation is 1. The minimum absolute atomic E-state index is 0.0489. The van der Waals surface area contributed by atoms with E-state index in [2.05, 4.69) is 20.9 Å². The smallest absolute Gasteiger partial charge is 0.443 e. The molecule has 2 heterocycles. The van der Waals surface area contributed by atoms with Gasteiger partial charge < -0.3 is 18.9 Å². The molecule has 8 nitrogen and oxygen atoms in total. The standard InChI is InChI=1S/C32H37BrFN3O5/c1-18(2)15-19(3)37(31(39)41-32(5,6)7)42-29-25(33)16-24-23-13-14-35-20(4)26(23)30(38)36(28(24)27(29)34)17-21-9-11-22(40-8)12-10-21/h9-14,16,18-19H,15,17H2,1-8H3. The summed E-state index contributed by atoms with van der Waals surface area (Å²) in [6.07, 6.45) is 1.45. The SMILES string of the molecule is COc1ccc(Cn2c(=O)c3c(C)nccc3c3cc(Br)c(ON(C(=O)OC(C)(C)C)C(C)CC(C)C)c(F)c32)cc1. The van der Waals surface area contributed by atoms with Crippen LogP contribution in [-0.4, -0.2) is 39.5 Å². The number of amides is 1. The fraction of sp³-hybridized carbons (Fsp3) is 0.406. The summed E-state index contributed by atoms with van der Waals surface area (Å²) >= 11 is 3.48. The number of ether oxygens (including phenoxy) is 2. The van der Waals surface area contributed by atoms with Crippen molar-refractivity contribution in [2.45, 2.75) is 73.1 Å². The van der Waals surface area contributed by atoms with Gasteiger partial charge in [0, 0.05) is 17.0 Å². The Morgan fingerprint density at radius 2 is 1.79 bits per heavy atom. The maximum absolute atomic E-state index is 16.8.